The number of carbonyl (C=O) groups excluding carboxylic acids is 1. The molecule has 1 aliphatic rings. The average molecular weight is 369 g/mol. The van der Waals surface area contributed by atoms with E-state index in [1.165, 1.54) is 0 Å². The second-order valence-electron chi connectivity index (χ2n) is 6.34. The standard InChI is InChI=1S/C21H23NO5/c1-2-26-19-13-16(10-11-18(19)27-14-20(23)24)21(25)22-12-6-9-17(22)15-7-4-3-5-8-15/h3-5,7-8,10-11,13,17H,2,6,9,12,14H2,1H3,(H,23,24). The minimum Gasteiger partial charge on any atom is -0.490 e. The van der Waals surface area contributed by atoms with Gasteiger partial charge in [0.15, 0.2) is 18.1 Å². The van der Waals surface area contributed by atoms with E-state index in [0.717, 1.165) is 18.4 Å². The summed E-state index contributed by atoms with van der Waals surface area (Å²) in [4.78, 5) is 25.7. The first-order chi connectivity index (χ1) is 13.1. The molecule has 0 radical (unpaired) electrons. The Morgan fingerprint density at radius 2 is 1.89 bits per heavy atom. The van der Waals surface area contributed by atoms with Gasteiger partial charge in [-0.25, -0.2) is 4.79 Å². The van der Waals surface area contributed by atoms with Crippen molar-refractivity contribution in [3.05, 3.63) is 59.7 Å². The number of carboxylic acid groups (broad SMARTS) is 1. The van der Waals surface area contributed by atoms with Crippen molar-refractivity contribution in [2.24, 2.45) is 0 Å². The van der Waals surface area contributed by atoms with Crippen LogP contribution >= 0.6 is 0 Å². The molecule has 2 aromatic rings. The summed E-state index contributed by atoms with van der Waals surface area (Å²) in [5.41, 5.74) is 1.64. The van der Waals surface area contributed by atoms with Gasteiger partial charge in [-0.2, -0.15) is 0 Å². The van der Waals surface area contributed by atoms with Gasteiger partial charge >= 0.3 is 5.97 Å². The van der Waals surface area contributed by atoms with Crippen molar-refractivity contribution in [3.63, 3.8) is 0 Å². The summed E-state index contributed by atoms with van der Waals surface area (Å²) >= 11 is 0. The van der Waals surface area contributed by atoms with Gasteiger partial charge in [-0.1, -0.05) is 30.3 Å². The molecule has 1 saturated heterocycles. The van der Waals surface area contributed by atoms with E-state index in [0.29, 0.717) is 30.2 Å². The number of ether oxygens (including phenoxy) is 2. The lowest BCUT2D eigenvalue weighted by Gasteiger charge is -2.25. The zero-order valence-corrected chi connectivity index (χ0v) is 15.3. The smallest absolute Gasteiger partial charge is 0.341 e. The third-order valence-electron chi connectivity index (χ3n) is 4.54. The molecular formula is C21H23NO5. The van der Waals surface area contributed by atoms with E-state index in [2.05, 4.69) is 0 Å². The molecule has 1 heterocycles. The number of hydrogen-bond acceptors (Lipinski definition) is 4. The van der Waals surface area contributed by atoms with Gasteiger partial charge < -0.3 is 19.5 Å². The fourth-order valence-electron chi connectivity index (χ4n) is 3.37. The van der Waals surface area contributed by atoms with Gasteiger partial charge in [0.1, 0.15) is 0 Å². The average Bonchev–Trinajstić information content (AvgIpc) is 3.17. The maximum absolute atomic E-state index is 13.1. The van der Waals surface area contributed by atoms with Gasteiger partial charge in [0.2, 0.25) is 0 Å². The van der Waals surface area contributed by atoms with E-state index in [-0.39, 0.29) is 11.9 Å². The number of benzene rings is 2. The number of aliphatic carboxylic acids is 1. The van der Waals surface area contributed by atoms with Crippen LogP contribution < -0.4 is 9.47 Å². The van der Waals surface area contributed by atoms with Crippen LogP contribution in [0.1, 0.15) is 41.7 Å². The van der Waals surface area contributed by atoms with Gasteiger partial charge in [0.25, 0.3) is 5.91 Å². The summed E-state index contributed by atoms with van der Waals surface area (Å²) < 4.78 is 10.8. The van der Waals surface area contributed by atoms with Crippen molar-refractivity contribution >= 4 is 11.9 Å². The number of carboxylic acids is 1. The topological polar surface area (TPSA) is 76.1 Å². The van der Waals surface area contributed by atoms with E-state index in [1.54, 1.807) is 18.2 Å². The van der Waals surface area contributed by atoms with Crippen LogP contribution in [-0.2, 0) is 4.79 Å². The quantitative estimate of drug-likeness (QED) is 0.808. The first-order valence-electron chi connectivity index (χ1n) is 9.07. The monoisotopic (exact) mass is 369 g/mol. The molecule has 0 aromatic heterocycles. The summed E-state index contributed by atoms with van der Waals surface area (Å²) in [7, 11) is 0. The number of likely N-dealkylation sites (tertiary alicyclic amines) is 1. The normalized spacial score (nSPS) is 16.2. The van der Waals surface area contributed by atoms with E-state index in [1.807, 2.05) is 42.2 Å². The highest BCUT2D eigenvalue weighted by molar-refractivity contribution is 5.95. The molecule has 0 aliphatic carbocycles. The fourth-order valence-corrected chi connectivity index (χ4v) is 3.37. The van der Waals surface area contributed by atoms with Gasteiger partial charge in [0, 0.05) is 12.1 Å². The maximum atomic E-state index is 13.1. The Morgan fingerprint density at radius 1 is 1.11 bits per heavy atom. The third-order valence-corrected chi connectivity index (χ3v) is 4.54. The Balaban J connectivity index is 1.83. The predicted octanol–water partition coefficient (Wildman–Crippen LogP) is 3.53. The summed E-state index contributed by atoms with van der Waals surface area (Å²) in [6, 6.07) is 15.0. The van der Waals surface area contributed by atoms with Crippen LogP contribution in [0.2, 0.25) is 0 Å². The molecule has 1 atom stereocenters. The molecule has 6 nitrogen and oxygen atoms in total. The first kappa shape index (κ1) is 18.8. The second-order valence-corrected chi connectivity index (χ2v) is 6.34. The number of rotatable bonds is 7. The highest BCUT2D eigenvalue weighted by atomic mass is 16.5. The largest absolute Gasteiger partial charge is 0.490 e. The van der Waals surface area contributed by atoms with Crippen molar-refractivity contribution < 1.29 is 24.2 Å². The maximum Gasteiger partial charge on any atom is 0.341 e. The van der Waals surface area contributed by atoms with E-state index in [9.17, 15) is 9.59 Å². The summed E-state index contributed by atoms with van der Waals surface area (Å²) in [6.07, 6.45) is 1.90. The molecule has 1 fully saturated rings. The molecule has 6 heteroatoms. The molecule has 0 saturated carbocycles. The Hall–Kier alpha value is -3.02. The molecule has 1 N–H and O–H groups in total. The van der Waals surface area contributed by atoms with Gasteiger partial charge in [0.05, 0.1) is 12.6 Å². The zero-order valence-electron chi connectivity index (χ0n) is 15.3. The zero-order chi connectivity index (χ0) is 19.2. The van der Waals surface area contributed by atoms with Crippen molar-refractivity contribution in [2.75, 3.05) is 19.8 Å². The van der Waals surface area contributed by atoms with Gasteiger partial charge in [-0.3, -0.25) is 4.79 Å². The SMILES string of the molecule is CCOc1cc(C(=O)N2CCCC2c2ccccc2)ccc1OCC(=O)O. The lowest BCUT2D eigenvalue weighted by Crippen LogP contribution is -2.30. The van der Waals surface area contributed by atoms with Crippen LogP contribution in [-0.4, -0.2) is 41.6 Å². The first-order valence-corrected chi connectivity index (χ1v) is 9.07. The lowest BCUT2D eigenvalue weighted by atomic mass is 10.0. The van der Waals surface area contributed by atoms with E-state index >= 15 is 0 Å². The fraction of sp³-hybridized carbons (Fsp3) is 0.333. The molecule has 1 unspecified atom stereocenters. The van der Waals surface area contributed by atoms with E-state index < -0.39 is 12.6 Å². The van der Waals surface area contributed by atoms with Crippen LogP contribution in [0.3, 0.4) is 0 Å². The van der Waals surface area contributed by atoms with Gasteiger partial charge in [-0.15, -0.1) is 0 Å². The number of hydrogen-bond donors (Lipinski definition) is 1. The minimum absolute atomic E-state index is 0.0629. The van der Waals surface area contributed by atoms with Crippen LogP contribution in [0, 0.1) is 0 Å². The van der Waals surface area contributed by atoms with Crippen LogP contribution in [0.5, 0.6) is 11.5 Å². The molecule has 3 rings (SSSR count). The van der Waals surface area contributed by atoms with E-state index in [4.69, 9.17) is 14.6 Å². The van der Waals surface area contributed by atoms with Gasteiger partial charge in [-0.05, 0) is 43.5 Å². The number of amides is 1. The molecular weight excluding hydrogens is 346 g/mol. The number of carbonyl (C=O) groups is 2. The van der Waals surface area contributed by atoms with Crippen molar-refractivity contribution in [3.8, 4) is 11.5 Å². The summed E-state index contributed by atoms with van der Waals surface area (Å²) in [6.45, 7) is 2.45. The Bertz CT molecular complexity index is 805. The Labute approximate surface area is 158 Å². The molecule has 2 aromatic carbocycles. The Morgan fingerprint density at radius 3 is 2.59 bits per heavy atom. The highest BCUT2D eigenvalue weighted by Crippen LogP contribution is 2.35. The Kier molecular flexibility index (Phi) is 5.96. The highest BCUT2D eigenvalue weighted by Gasteiger charge is 2.30. The second kappa shape index (κ2) is 8.58. The molecule has 1 amide bonds. The predicted molar refractivity (Wildman–Crippen MR) is 100 cm³/mol. The minimum atomic E-state index is -1.07. The van der Waals surface area contributed by atoms with Crippen LogP contribution in [0.4, 0.5) is 0 Å². The molecule has 1 aliphatic heterocycles. The summed E-state index contributed by atoms with van der Waals surface area (Å²) in [5, 5.41) is 8.79. The lowest BCUT2D eigenvalue weighted by molar-refractivity contribution is -0.139. The number of nitrogens with zero attached hydrogens (tertiary/aromatic N) is 1. The van der Waals surface area contributed by atoms with Crippen LogP contribution in [0.25, 0.3) is 0 Å². The van der Waals surface area contributed by atoms with Crippen molar-refractivity contribution in [2.45, 2.75) is 25.8 Å². The summed E-state index contributed by atoms with van der Waals surface area (Å²) in [5.74, 6) is -0.440. The van der Waals surface area contributed by atoms with Crippen molar-refractivity contribution in [1.82, 2.24) is 4.90 Å². The molecule has 0 bridgehead atoms. The molecule has 27 heavy (non-hydrogen) atoms. The molecule has 0 spiro atoms. The van der Waals surface area contributed by atoms with Crippen molar-refractivity contribution in [1.29, 1.82) is 0 Å². The molecule has 142 valence electrons. The third kappa shape index (κ3) is 4.39. The van der Waals surface area contributed by atoms with Crippen LogP contribution in [0.15, 0.2) is 48.5 Å².